The molecular formula is C18H10N4O5. The van der Waals surface area contributed by atoms with Crippen LogP contribution in [-0.2, 0) is 0 Å². The topological polar surface area (TPSA) is 143 Å². The number of nitro benzene ring substituents is 2. The largest absolute Gasteiger partial charge is 0.321 e. The number of aromatic nitrogens is 1. The van der Waals surface area contributed by atoms with E-state index in [-0.39, 0.29) is 28.2 Å². The second-order valence-electron chi connectivity index (χ2n) is 5.52. The quantitative estimate of drug-likeness (QED) is 0.556. The number of nitro groups is 2. The lowest BCUT2D eigenvalue weighted by atomic mass is 9.99. The smallest absolute Gasteiger partial charge is 0.270 e. The summed E-state index contributed by atoms with van der Waals surface area (Å²) in [6.45, 7) is 0. The van der Waals surface area contributed by atoms with E-state index in [4.69, 9.17) is 0 Å². The third kappa shape index (κ3) is 3.40. The van der Waals surface area contributed by atoms with Gasteiger partial charge in [0.25, 0.3) is 16.9 Å². The average Bonchev–Trinajstić information content (AvgIpc) is 2.67. The first-order valence-corrected chi connectivity index (χ1v) is 7.58. The van der Waals surface area contributed by atoms with E-state index >= 15 is 0 Å². The van der Waals surface area contributed by atoms with Gasteiger partial charge in [0.1, 0.15) is 11.6 Å². The number of nitriles is 1. The fraction of sp³-hybridized carbons (Fsp3) is 0. The Hall–Kier alpha value is -4.32. The Kier molecular flexibility index (Phi) is 4.47. The van der Waals surface area contributed by atoms with Crippen LogP contribution < -0.4 is 5.56 Å². The molecule has 3 aromatic rings. The molecule has 1 aromatic heterocycles. The van der Waals surface area contributed by atoms with Crippen LogP contribution in [0.4, 0.5) is 11.4 Å². The highest BCUT2D eigenvalue weighted by Crippen LogP contribution is 2.28. The van der Waals surface area contributed by atoms with E-state index in [1.54, 1.807) is 6.07 Å². The third-order valence-electron chi connectivity index (χ3n) is 3.90. The first-order chi connectivity index (χ1) is 12.9. The van der Waals surface area contributed by atoms with Crippen LogP contribution in [-0.4, -0.2) is 14.8 Å². The fourth-order valence-electron chi connectivity index (χ4n) is 2.60. The predicted molar refractivity (Wildman–Crippen MR) is 96.0 cm³/mol. The summed E-state index contributed by atoms with van der Waals surface area (Å²) in [6.07, 6.45) is 0. The number of hydrogen-bond donors (Lipinski definition) is 1. The predicted octanol–water partition coefficient (Wildman–Crippen LogP) is 3.40. The highest BCUT2D eigenvalue weighted by atomic mass is 16.6. The summed E-state index contributed by atoms with van der Waals surface area (Å²) in [7, 11) is 0. The van der Waals surface area contributed by atoms with E-state index in [1.807, 2.05) is 6.07 Å². The lowest BCUT2D eigenvalue weighted by Gasteiger charge is -2.08. The van der Waals surface area contributed by atoms with Crippen LogP contribution in [0, 0.1) is 31.6 Å². The molecule has 0 aliphatic rings. The van der Waals surface area contributed by atoms with Crippen molar-refractivity contribution in [2.75, 3.05) is 0 Å². The zero-order valence-electron chi connectivity index (χ0n) is 13.6. The highest BCUT2D eigenvalue weighted by molar-refractivity contribution is 5.76. The molecule has 0 saturated heterocycles. The van der Waals surface area contributed by atoms with Crippen LogP contribution in [0.1, 0.15) is 5.56 Å². The minimum atomic E-state index is -0.658. The van der Waals surface area contributed by atoms with Gasteiger partial charge in [0.05, 0.1) is 9.85 Å². The molecule has 0 aliphatic heterocycles. The van der Waals surface area contributed by atoms with Crippen molar-refractivity contribution in [2.45, 2.75) is 0 Å². The number of pyridine rings is 1. The Morgan fingerprint density at radius 1 is 0.889 bits per heavy atom. The van der Waals surface area contributed by atoms with E-state index < -0.39 is 15.4 Å². The summed E-state index contributed by atoms with van der Waals surface area (Å²) in [5, 5.41) is 31.1. The Labute approximate surface area is 151 Å². The first kappa shape index (κ1) is 17.5. The molecule has 27 heavy (non-hydrogen) atoms. The van der Waals surface area contributed by atoms with Gasteiger partial charge < -0.3 is 4.98 Å². The van der Waals surface area contributed by atoms with Crippen LogP contribution in [0.5, 0.6) is 0 Å². The number of nitrogens with zero attached hydrogens (tertiary/aromatic N) is 3. The van der Waals surface area contributed by atoms with E-state index in [9.17, 15) is 30.3 Å². The standard InChI is InChI=1S/C18H10N4O5/c19-10-16-15(11-4-6-13(7-5-11)21(24)25)9-17(20-18(16)23)12-2-1-3-14(8-12)22(26)27/h1-9H,(H,20,23). The molecule has 9 nitrogen and oxygen atoms in total. The van der Waals surface area contributed by atoms with Crippen LogP contribution in [0.25, 0.3) is 22.4 Å². The molecule has 0 atom stereocenters. The van der Waals surface area contributed by atoms with Crippen molar-refractivity contribution in [2.24, 2.45) is 0 Å². The van der Waals surface area contributed by atoms with Gasteiger partial charge in [-0.1, -0.05) is 12.1 Å². The minimum Gasteiger partial charge on any atom is -0.321 e. The maximum Gasteiger partial charge on any atom is 0.270 e. The van der Waals surface area contributed by atoms with Gasteiger partial charge in [0.2, 0.25) is 0 Å². The lowest BCUT2D eigenvalue weighted by molar-refractivity contribution is -0.385. The minimum absolute atomic E-state index is 0.124. The molecule has 0 bridgehead atoms. The molecule has 0 aliphatic carbocycles. The number of aromatic amines is 1. The SMILES string of the molecule is N#Cc1c(-c2ccc([N+](=O)[O-])cc2)cc(-c2cccc([N+](=O)[O-])c2)[nH]c1=O. The maximum atomic E-state index is 12.3. The average molecular weight is 362 g/mol. The number of hydrogen-bond acceptors (Lipinski definition) is 6. The van der Waals surface area contributed by atoms with Crippen LogP contribution in [0.3, 0.4) is 0 Å². The molecule has 1 heterocycles. The molecule has 0 saturated carbocycles. The summed E-state index contributed by atoms with van der Waals surface area (Å²) in [5.74, 6) is 0. The molecule has 1 N–H and O–H groups in total. The van der Waals surface area contributed by atoms with Gasteiger partial charge in [-0.25, -0.2) is 0 Å². The zero-order valence-corrected chi connectivity index (χ0v) is 13.6. The number of rotatable bonds is 4. The van der Waals surface area contributed by atoms with Crippen molar-refractivity contribution in [1.82, 2.24) is 4.98 Å². The summed E-state index contributed by atoms with van der Waals surface area (Å²) < 4.78 is 0. The molecule has 132 valence electrons. The van der Waals surface area contributed by atoms with Gasteiger partial charge in [-0.2, -0.15) is 5.26 Å². The van der Waals surface area contributed by atoms with E-state index in [2.05, 4.69) is 4.98 Å². The van der Waals surface area contributed by atoms with E-state index in [1.165, 1.54) is 48.5 Å². The molecule has 3 rings (SSSR count). The van der Waals surface area contributed by atoms with E-state index in [0.29, 0.717) is 11.1 Å². The maximum absolute atomic E-state index is 12.3. The second kappa shape index (κ2) is 6.89. The lowest BCUT2D eigenvalue weighted by Crippen LogP contribution is -2.12. The van der Waals surface area contributed by atoms with Gasteiger partial charge in [0.15, 0.2) is 0 Å². The molecule has 0 spiro atoms. The Morgan fingerprint density at radius 2 is 1.56 bits per heavy atom. The monoisotopic (exact) mass is 362 g/mol. The molecule has 9 heteroatoms. The molecule has 0 radical (unpaired) electrons. The number of non-ortho nitro benzene ring substituents is 2. The van der Waals surface area contributed by atoms with Crippen LogP contribution in [0.2, 0.25) is 0 Å². The molecule has 0 unspecified atom stereocenters. The molecular weight excluding hydrogens is 352 g/mol. The molecule has 0 fully saturated rings. The summed E-state index contributed by atoms with van der Waals surface area (Å²) in [6, 6.07) is 14.4. The fourth-order valence-corrected chi connectivity index (χ4v) is 2.60. The van der Waals surface area contributed by atoms with Gasteiger partial charge in [-0.05, 0) is 23.8 Å². The Bertz CT molecular complexity index is 1160. The first-order valence-electron chi connectivity index (χ1n) is 7.58. The number of benzene rings is 2. The summed E-state index contributed by atoms with van der Waals surface area (Å²) >= 11 is 0. The van der Waals surface area contributed by atoms with Gasteiger partial charge >= 0.3 is 0 Å². The molecule has 0 amide bonds. The number of nitrogens with one attached hydrogen (secondary N) is 1. The second-order valence-corrected chi connectivity index (χ2v) is 5.52. The Morgan fingerprint density at radius 3 is 2.15 bits per heavy atom. The highest BCUT2D eigenvalue weighted by Gasteiger charge is 2.15. The third-order valence-corrected chi connectivity index (χ3v) is 3.90. The normalized spacial score (nSPS) is 10.2. The van der Waals surface area contributed by atoms with Crippen molar-refractivity contribution < 1.29 is 9.85 Å². The summed E-state index contributed by atoms with van der Waals surface area (Å²) in [5.41, 5.74) is 0.320. The number of H-pyrrole nitrogens is 1. The van der Waals surface area contributed by atoms with Crippen molar-refractivity contribution in [3.8, 4) is 28.5 Å². The zero-order chi connectivity index (χ0) is 19.6. The van der Waals surface area contributed by atoms with E-state index in [0.717, 1.165) is 0 Å². The van der Waals surface area contributed by atoms with Gasteiger partial charge in [-0.15, -0.1) is 0 Å². The van der Waals surface area contributed by atoms with Gasteiger partial charge in [-0.3, -0.25) is 25.0 Å². The Balaban J connectivity index is 2.19. The van der Waals surface area contributed by atoms with Crippen LogP contribution in [0.15, 0.2) is 59.4 Å². The van der Waals surface area contributed by atoms with Crippen LogP contribution >= 0.6 is 0 Å². The van der Waals surface area contributed by atoms with Crippen molar-refractivity contribution in [3.05, 3.63) is 90.7 Å². The summed E-state index contributed by atoms with van der Waals surface area (Å²) in [4.78, 5) is 35.5. The van der Waals surface area contributed by atoms with Crippen molar-refractivity contribution in [3.63, 3.8) is 0 Å². The molecule has 2 aromatic carbocycles. The van der Waals surface area contributed by atoms with Crippen molar-refractivity contribution >= 4 is 11.4 Å². The van der Waals surface area contributed by atoms with Gasteiger partial charge in [0, 0.05) is 41.1 Å². The van der Waals surface area contributed by atoms with Crippen molar-refractivity contribution in [1.29, 1.82) is 5.26 Å².